The van der Waals surface area contributed by atoms with Gasteiger partial charge in [-0.2, -0.15) is 0 Å². The lowest BCUT2D eigenvalue weighted by atomic mass is 10.0. The van der Waals surface area contributed by atoms with E-state index in [4.69, 9.17) is 10.5 Å². The van der Waals surface area contributed by atoms with Gasteiger partial charge in [0, 0.05) is 25.3 Å². The first kappa shape index (κ1) is 17.5. The van der Waals surface area contributed by atoms with Gasteiger partial charge in [0.1, 0.15) is 0 Å². The molecule has 3 N–H and O–H groups in total. The molecule has 1 aliphatic rings. The molecule has 5 heteroatoms. The van der Waals surface area contributed by atoms with Gasteiger partial charge in [-0.3, -0.25) is 9.69 Å². The van der Waals surface area contributed by atoms with Gasteiger partial charge in [0.2, 0.25) is 5.91 Å². The van der Waals surface area contributed by atoms with Gasteiger partial charge < -0.3 is 15.8 Å². The van der Waals surface area contributed by atoms with Crippen LogP contribution in [0, 0.1) is 0 Å². The average molecular weight is 339 g/mol. The van der Waals surface area contributed by atoms with Crippen molar-refractivity contribution >= 4 is 11.6 Å². The molecular weight excluding hydrogens is 314 g/mol. The number of hydrogen-bond acceptors (Lipinski definition) is 4. The zero-order chi connectivity index (χ0) is 17.5. The van der Waals surface area contributed by atoms with Gasteiger partial charge >= 0.3 is 0 Å². The monoisotopic (exact) mass is 339 g/mol. The first-order valence-electron chi connectivity index (χ1n) is 8.69. The maximum absolute atomic E-state index is 12.5. The molecule has 0 bridgehead atoms. The predicted molar refractivity (Wildman–Crippen MR) is 99.1 cm³/mol. The van der Waals surface area contributed by atoms with Crippen molar-refractivity contribution in [1.82, 2.24) is 10.2 Å². The Morgan fingerprint density at radius 1 is 1.08 bits per heavy atom. The van der Waals surface area contributed by atoms with Crippen LogP contribution in [0.3, 0.4) is 0 Å². The predicted octanol–water partition coefficient (Wildman–Crippen LogP) is 2.00. The number of rotatable bonds is 6. The van der Waals surface area contributed by atoms with Crippen LogP contribution in [0.25, 0.3) is 0 Å². The topological polar surface area (TPSA) is 67.6 Å². The number of nitrogens with zero attached hydrogens (tertiary/aromatic N) is 1. The molecule has 2 aromatic rings. The number of nitrogens with one attached hydrogen (secondary N) is 1. The minimum Gasteiger partial charge on any atom is -0.399 e. The summed E-state index contributed by atoms with van der Waals surface area (Å²) in [6.07, 6.45) is 0.354. The summed E-state index contributed by atoms with van der Waals surface area (Å²) >= 11 is 0. The number of hydrogen-bond donors (Lipinski definition) is 2. The van der Waals surface area contributed by atoms with E-state index in [1.165, 1.54) is 0 Å². The Bertz CT molecular complexity index is 667. The van der Waals surface area contributed by atoms with Crippen LogP contribution in [0.15, 0.2) is 54.6 Å². The largest absolute Gasteiger partial charge is 0.399 e. The molecule has 1 atom stereocenters. The van der Waals surface area contributed by atoms with E-state index in [1.54, 1.807) is 0 Å². The quantitative estimate of drug-likeness (QED) is 0.790. The Balaban J connectivity index is 1.65. The van der Waals surface area contributed by atoms with Crippen LogP contribution in [-0.2, 0) is 16.0 Å². The van der Waals surface area contributed by atoms with Crippen LogP contribution < -0.4 is 11.1 Å². The van der Waals surface area contributed by atoms with Crippen molar-refractivity contribution in [3.8, 4) is 0 Å². The molecule has 1 unspecified atom stereocenters. The van der Waals surface area contributed by atoms with Crippen molar-refractivity contribution in [2.24, 2.45) is 0 Å². The maximum Gasteiger partial charge on any atom is 0.224 e. The van der Waals surface area contributed by atoms with Crippen molar-refractivity contribution in [1.29, 1.82) is 0 Å². The van der Waals surface area contributed by atoms with Crippen LogP contribution in [0.5, 0.6) is 0 Å². The lowest BCUT2D eigenvalue weighted by molar-refractivity contribution is -0.121. The number of benzene rings is 2. The van der Waals surface area contributed by atoms with E-state index in [-0.39, 0.29) is 11.9 Å². The Kier molecular flexibility index (Phi) is 6.04. The lowest BCUT2D eigenvalue weighted by Gasteiger charge is -2.31. The second-order valence-corrected chi connectivity index (χ2v) is 6.36. The molecule has 0 aromatic heterocycles. The molecule has 0 aliphatic carbocycles. The fourth-order valence-electron chi connectivity index (χ4n) is 3.03. The molecule has 1 amide bonds. The van der Waals surface area contributed by atoms with E-state index >= 15 is 0 Å². The molecule has 5 nitrogen and oxygen atoms in total. The lowest BCUT2D eigenvalue weighted by Crippen LogP contribution is -2.43. The second-order valence-electron chi connectivity index (χ2n) is 6.36. The fraction of sp³-hybridized carbons (Fsp3) is 0.350. The summed E-state index contributed by atoms with van der Waals surface area (Å²) in [6, 6.07) is 17.6. The van der Waals surface area contributed by atoms with Crippen LogP contribution in [0.1, 0.15) is 17.2 Å². The Labute approximate surface area is 148 Å². The Hall–Kier alpha value is -2.37. The van der Waals surface area contributed by atoms with E-state index in [2.05, 4.69) is 22.3 Å². The number of morpholine rings is 1. The van der Waals surface area contributed by atoms with Gasteiger partial charge in [-0.1, -0.05) is 42.5 Å². The number of carbonyl (C=O) groups excluding carboxylic acids is 1. The number of anilines is 1. The third kappa shape index (κ3) is 5.31. The number of nitrogen functional groups attached to an aromatic ring is 1. The van der Waals surface area contributed by atoms with E-state index in [1.807, 2.05) is 42.5 Å². The summed E-state index contributed by atoms with van der Waals surface area (Å²) in [5, 5.41) is 3.19. The zero-order valence-corrected chi connectivity index (χ0v) is 14.4. The van der Waals surface area contributed by atoms with Crippen molar-refractivity contribution in [2.75, 3.05) is 38.6 Å². The summed E-state index contributed by atoms with van der Waals surface area (Å²) in [7, 11) is 0. The minimum absolute atomic E-state index is 0.0203. The standard InChI is InChI=1S/C20H25N3O2/c21-18-8-6-16(7-9-18)14-20(24)22-19(17-4-2-1-3-5-17)15-23-10-12-25-13-11-23/h1-9,19H,10-15,21H2,(H,22,24). The van der Waals surface area contributed by atoms with Crippen molar-refractivity contribution in [3.63, 3.8) is 0 Å². The smallest absolute Gasteiger partial charge is 0.224 e. The molecule has 1 aliphatic heterocycles. The molecule has 0 radical (unpaired) electrons. The summed E-state index contributed by atoms with van der Waals surface area (Å²) in [6.45, 7) is 4.09. The second kappa shape index (κ2) is 8.65. The van der Waals surface area contributed by atoms with Crippen LogP contribution in [-0.4, -0.2) is 43.7 Å². The van der Waals surface area contributed by atoms with E-state index < -0.39 is 0 Å². The fourth-order valence-corrected chi connectivity index (χ4v) is 3.03. The van der Waals surface area contributed by atoms with E-state index in [0.717, 1.165) is 44.0 Å². The van der Waals surface area contributed by atoms with Crippen molar-refractivity contribution < 1.29 is 9.53 Å². The molecule has 1 heterocycles. The highest BCUT2D eigenvalue weighted by molar-refractivity contribution is 5.79. The van der Waals surface area contributed by atoms with E-state index in [0.29, 0.717) is 12.1 Å². The van der Waals surface area contributed by atoms with Gasteiger partial charge in [-0.15, -0.1) is 0 Å². The summed E-state index contributed by atoms with van der Waals surface area (Å²) in [4.78, 5) is 14.9. The van der Waals surface area contributed by atoms with Crippen LogP contribution in [0.4, 0.5) is 5.69 Å². The van der Waals surface area contributed by atoms with Crippen LogP contribution in [0.2, 0.25) is 0 Å². The van der Waals surface area contributed by atoms with Crippen molar-refractivity contribution in [3.05, 3.63) is 65.7 Å². The first-order valence-corrected chi connectivity index (χ1v) is 8.69. The maximum atomic E-state index is 12.5. The average Bonchev–Trinajstić information content (AvgIpc) is 2.65. The SMILES string of the molecule is Nc1ccc(CC(=O)NC(CN2CCOCC2)c2ccccc2)cc1. The van der Waals surface area contributed by atoms with Gasteiger partial charge in [0.15, 0.2) is 0 Å². The normalized spacial score (nSPS) is 16.3. The Morgan fingerprint density at radius 2 is 1.76 bits per heavy atom. The molecule has 2 aromatic carbocycles. The summed E-state index contributed by atoms with van der Waals surface area (Å²) in [5.41, 5.74) is 8.50. The number of ether oxygens (including phenoxy) is 1. The van der Waals surface area contributed by atoms with Gasteiger partial charge in [-0.25, -0.2) is 0 Å². The number of nitrogens with two attached hydrogens (primary N) is 1. The van der Waals surface area contributed by atoms with Crippen molar-refractivity contribution in [2.45, 2.75) is 12.5 Å². The molecule has 1 fully saturated rings. The molecule has 0 saturated carbocycles. The Morgan fingerprint density at radius 3 is 2.44 bits per heavy atom. The molecule has 3 rings (SSSR count). The highest BCUT2D eigenvalue weighted by atomic mass is 16.5. The highest BCUT2D eigenvalue weighted by Crippen LogP contribution is 2.16. The summed E-state index contributed by atoms with van der Waals surface area (Å²) < 4.78 is 5.42. The molecule has 0 spiro atoms. The van der Waals surface area contributed by atoms with E-state index in [9.17, 15) is 4.79 Å². The summed E-state index contributed by atoms with van der Waals surface area (Å²) in [5.74, 6) is 0.0203. The number of carbonyl (C=O) groups is 1. The zero-order valence-electron chi connectivity index (χ0n) is 14.4. The van der Waals surface area contributed by atoms with Gasteiger partial charge in [0.05, 0.1) is 25.7 Å². The van der Waals surface area contributed by atoms with Gasteiger partial charge in [0.25, 0.3) is 0 Å². The highest BCUT2D eigenvalue weighted by Gasteiger charge is 2.20. The molecule has 25 heavy (non-hydrogen) atoms. The minimum atomic E-state index is -0.0272. The molecule has 132 valence electrons. The number of amides is 1. The van der Waals surface area contributed by atoms with Gasteiger partial charge in [-0.05, 0) is 23.3 Å². The van der Waals surface area contributed by atoms with Crippen LogP contribution >= 0.6 is 0 Å². The third-order valence-corrected chi connectivity index (χ3v) is 4.43. The third-order valence-electron chi connectivity index (χ3n) is 4.43. The molecular formula is C20H25N3O2. The molecule has 1 saturated heterocycles. The first-order chi connectivity index (χ1) is 12.2.